The molecular formula is C13H23N3O3. The van der Waals surface area contributed by atoms with Crippen LogP contribution >= 0.6 is 0 Å². The van der Waals surface area contributed by atoms with Crippen molar-refractivity contribution in [2.24, 2.45) is 0 Å². The van der Waals surface area contributed by atoms with E-state index in [0.29, 0.717) is 25.4 Å². The van der Waals surface area contributed by atoms with Crippen LogP contribution < -0.4 is 16.0 Å². The minimum absolute atomic E-state index is 0.365. The van der Waals surface area contributed by atoms with Crippen LogP contribution in [0.4, 0.5) is 4.79 Å². The maximum atomic E-state index is 11.7. The SMILES string of the molecule is O=C(NCCCNC1CC1)NC1(C(=O)O)CCCC1. The van der Waals surface area contributed by atoms with E-state index in [1.54, 1.807) is 0 Å². The molecule has 2 aliphatic rings. The predicted molar refractivity (Wildman–Crippen MR) is 71.0 cm³/mol. The van der Waals surface area contributed by atoms with Crippen molar-refractivity contribution in [1.82, 2.24) is 16.0 Å². The number of carbonyl (C=O) groups is 2. The van der Waals surface area contributed by atoms with Crippen LogP contribution in [0.15, 0.2) is 0 Å². The van der Waals surface area contributed by atoms with Gasteiger partial charge in [-0.3, -0.25) is 0 Å². The number of hydrogen-bond donors (Lipinski definition) is 4. The molecule has 0 aromatic heterocycles. The Morgan fingerprint density at radius 1 is 1.16 bits per heavy atom. The molecule has 6 heteroatoms. The monoisotopic (exact) mass is 269 g/mol. The number of aliphatic carboxylic acids is 1. The van der Waals surface area contributed by atoms with Gasteiger partial charge < -0.3 is 21.1 Å². The molecule has 19 heavy (non-hydrogen) atoms. The lowest BCUT2D eigenvalue weighted by molar-refractivity contribution is -0.144. The molecule has 2 saturated carbocycles. The fourth-order valence-electron chi connectivity index (χ4n) is 2.52. The van der Waals surface area contributed by atoms with Gasteiger partial charge in [0, 0.05) is 12.6 Å². The lowest BCUT2D eigenvalue weighted by Gasteiger charge is -2.25. The summed E-state index contributed by atoms with van der Waals surface area (Å²) in [6.45, 7) is 1.47. The van der Waals surface area contributed by atoms with Crippen molar-refractivity contribution in [2.75, 3.05) is 13.1 Å². The molecule has 0 atom stereocenters. The van der Waals surface area contributed by atoms with Crippen LogP contribution in [0.1, 0.15) is 44.9 Å². The van der Waals surface area contributed by atoms with Crippen molar-refractivity contribution in [3.63, 3.8) is 0 Å². The van der Waals surface area contributed by atoms with Gasteiger partial charge >= 0.3 is 12.0 Å². The zero-order valence-electron chi connectivity index (χ0n) is 11.2. The van der Waals surface area contributed by atoms with Crippen LogP contribution in [0, 0.1) is 0 Å². The molecule has 2 amide bonds. The Hall–Kier alpha value is -1.30. The molecule has 0 bridgehead atoms. The molecular weight excluding hydrogens is 246 g/mol. The van der Waals surface area contributed by atoms with Crippen molar-refractivity contribution in [3.8, 4) is 0 Å². The normalized spacial score (nSPS) is 21.1. The molecule has 108 valence electrons. The average Bonchev–Trinajstić information content (AvgIpc) is 3.06. The highest BCUT2D eigenvalue weighted by atomic mass is 16.4. The summed E-state index contributed by atoms with van der Waals surface area (Å²) in [6, 6.07) is 0.318. The molecule has 2 fully saturated rings. The second-order valence-electron chi connectivity index (χ2n) is 5.56. The Bertz CT molecular complexity index is 336. The van der Waals surface area contributed by atoms with E-state index in [1.165, 1.54) is 12.8 Å². The Kier molecular flexibility index (Phi) is 4.63. The van der Waals surface area contributed by atoms with Gasteiger partial charge in [-0.2, -0.15) is 0 Å². The first-order valence-electron chi connectivity index (χ1n) is 7.15. The minimum atomic E-state index is -1.05. The maximum absolute atomic E-state index is 11.7. The van der Waals surface area contributed by atoms with Gasteiger partial charge in [-0.15, -0.1) is 0 Å². The summed E-state index contributed by atoms with van der Waals surface area (Å²) in [6.07, 6.45) is 6.15. The Labute approximate surface area is 113 Å². The van der Waals surface area contributed by atoms with E-state index in [4.69, 9.17) is 0 Å². The number of carboxylic acid groups (broad SMARTS) is 1. The Morgan fingerprint density at radius 3 is 2.42 bits per heavy atom. The van der Waals surface area contributed by atoms with E-state index in [0.717, 1.165) is 25.8 Å². The van der Waals surface area contributed by atoms with E-state index < -0.39 is 11.5 Å². The van der Waals surface area contributed by atoms with Crippen LogP contribution in [-0.2, 0) is 4.79 Å². The van der Waals surface area contributed by atoms with Crippen LogP contribution in [-0.4, -0.2) is 41.8 Å². The molecule has 0 aliphatic heterocycles. The van der Waals surface area contributed by atoms with E-state index in [1.807, 2.05) is 0 Å². The predicted octanol–water partition coefficient (Wildman–Crippen LogP) is 0.825. The van der Waals surface area contributed by atoms with Crippen molar-refractivity contribution in [3.05, 3.63) is 0 Å². The molecule has 2 rings (SSSR count). The first-order valence-corrected chi connectivity index (χ1v) is 7.15. The third kappa shape index (κ3) is 4.09. The topological polar surface area (TPSA) is 90.5 Å². The third-order valence-electron chi connectivity index (χ3n) is 3.87. The average molecular weight is 269 g/mol. The molecule has 0 radical (unpaired) electrons. The third-order valence-corrected chi connectivity index (χ3v) is 3.87. The summed E-state index contributed by atoms with van der Waals surface area (Å²) in [4.78, 5) is 23.0. The quantitative estimate of drug-likeness (QED) is 0.515. The molecule has 0 spiro atoms. The summed E-state index contributed by atoms with van der Waals surface area (Å²) in [7, 11) is 0. The Balaban J connectivity index is 1.63. The van der Waals surface area contributed by atoms with Gasteiger partial charge in [-0.05, 0) is 38.6 Å². The second-order valence-corrected chi connectivity index (χ2v) is 5.56. The van der Waals surface area contributed by atoms with Crippen LogP contribution in [0.25, 0.3) is 0 Å². The van der Waals surface area contributed by atoms with Gasteiger partial charge in [0.1, 0.15) is 5.54 Å². The number of carboxylic acids is 1. The zero-order chi connectivity index (χ0) is 13.7. The summed E-state index contributed by atoms with van der Waals surface area (Å²) >= 11 is 0. The lowest BCUT2D eigenvalue weighted by Crippen LogP contribution is -2.55. The highest BCUT2D eigenvalue weighted by Crippen LogP contribution is 2.29. The zero-order valence-corrected chi connectivity index (χ0v) is 11.2. The molecule has 4 N–H and O–H groups in total. The number of nitrogens with one attached hydrogen (secondary N) is 3. The highest BCUT2D eigenvalue weighted by molar-refractivity contribution is 5.86. The van der Waals surface area contributed by atoms with Crippen molar-refractivity contribution < 1.29 is 14.7 Å². The fourth-order valence-corrected chi connectivity index (χ4v) is 2.52. The molecule has 0 heterocycles. The number of rotatable bonds is 7. The Morgan fingerprint density at radius 2 is 1.84 bits per heavy atom. The second kappa shape index (κ2) is 6.23. The van der Waals surface area contributed by atoms with Crippen LogP contribution in [0.2, 0.25) is 0 Å². The number of amides is 2. The highest BCUT2D eigenvalue weighted by Gasteiger charge is 2.42. The van der Waals surface area contributed by atoms with Crippen molar-refractivity contribution >= 4 is 12.0 Å². The first kappa shape index (κ1) is 14.1. The van der Waals surface area contributed by atoms with Crippen LogP contribution in [0.5, 0.6) is 0 Å². The van der Waals surface area contributed by atoms with Gasteiger partial charge in [-0.1, -0.05) is 12.8 Å². The van der Waals surface area contributed by atoms with E-state index in [2.05, 4.69) is 16.0 Å². The molecule has 0 aromatic rings. The molecule has 0 saturated heterocycles. The standard InChI is InChI=1S/C13H23N3O3/c17-11(18)13(6-1-2-7-13)16-12(19)15-9-3-8-14-10-4-5-10/h10,14H,1-9H2,(H,17,18)(H2,15,16,19). The summed E-state index contributed by atoms with van der Waals surface area (Å²) in [5.74, 6) is -0.921. The number of hydrogen-bond acceptors (Lipinski definition) is 3. The smallest absolute Gasteiger partial charge is 0.329 e. The number of carbonyl (C=O) groups excluding carboxylic acids is 1. The number of urea groups is 1. The molecule has 0 unspecified atom stereocenters. The van der Waals surface area contributed by atoms with Gasteiger partial charge in [0.2, 0.25) is 0 Å². The fraction of sp³-hybridized carbons (Fsp3) is 0.846. The summed E-state index contributed by atoms with van der Waals surface area (Å²) in [5, 5.41) is 18.0. The van der Waals surface area contributed by atoms with E-state index in [9.17, 15) is 14.7 Å². The minimum Gasteiger partial charge on any atom is -0.480 e. The molecule has 0 aromatic carbocycles. The molecule has 6 nitrogen and oxygen atoms in total. The van der Waals surface area contributed by atoms with Gasteiger partial charge in [-0.25, -0.2) is 9.59 Å². The van der Waals surface area contributed by atoms with E-state index in [-0.39, 0.29) is 6.03 Å². The van der Waals surface area contributed by atoms with Crippen LogP contribution in [0.3, 0.4) is 0 Å². The lowest BCUT2D eigenvalue weighted by atomic mass is 9.98. The summed E-state index contributed by atoms with van der Waals surface area (Å²) < 4.78 is 0. The van der Waals surface area contributed by atoms with Crippen molar-refractivity contribution in [1.29, 1.82) is 0 Å². The summed E-state index contributed by atoms with van der Waals surface area (Å²) in [5.41, 5.74) is -1.05. The molecule has 2 aliphatic carbocycles. The van der Waals surface area contributed by atoms with E-state index >= 15 is 0 Å². The van der Waals surface area contributed by atoms with Gasteiger partial charge in [0.25, 0.3) is 0 Å². The first-order chi connectivity index (χ1) is 9.12. The maximum Gasteiger partial charge on any atom is 0.329 e. The largest absolute Gasteiger partial charge is 0.480 e. The van der Waals surface area contributed by atoms with Gasteiger partial charge in [0.15, 0.2) is 0 Å². The van der Waals surface area contributed by atoms with Gasteiger partial charge in [0.05, 0.1) is 0 Å². The van der Waals surface area contributed by atoms with Crippen molar-refractivity contribution in [2.45, 2.75) is 56.5 Å².